The van der Waals surface area contributed by atoms with Crippen LogP contribution in [0.2, 0.25) is 0 Å². The summed E-state index contributed by atoms with van der Waals surface area (Å²) in [4.78, 5) is 23.3. The smallest absolute Gasteiger partial charge is 0.257 e. The van der Waals surface area contributed by atoms with Crippen LogP contribution in [-0.4, -0.2) is 22.1 Å². The van der Waals surface area contributed by atoms with E-state index in [9.17, 15) is 14.8 Å². The first kappa shape index (κ1) is 8.05. The summed E-state index contributed by atoms with van der Waals surface area (Å²) in [6.45, 7) is 0. The Hall–Kier alpha value is -1.16. The van der Waals surface area contributed by atoms with E-state index in [0.717, 1.165) is 6.42 Å². The zero-order valence-electron chi connectivity index (χ0n) is 8.04. The lowest BCUT2D eigenvalue weighted by Gasteiger charge is -2.46. The van der Waals surface area contributed by atoms with Gasteiger partial charge in [0.2, 0.25) is 0 Å². The average Bonchev–Trinajstić information content (AvgIpc) is 2.76. The van der Waals surface area contributed by atoms with E-state index in [1.807, 2.05) is 0 Å². The molecule has 3 fully saturated rings. The molecule has 0 aromatic heterocycles. The Bertz CT molecular complexity index is 380. The summed E-state index contributed by atoms with van der Waals surface area (Å²) in [5.41, 5.74) is 0. The second-order valence-corrected chi connectivity index (χ2v) is 5.14. The Morgan fingerprint density at radius 1 is 1.07 bits per heavy atom. The molecular weight excluding hydrogens is 194 g/mol. The Balaban J connectivity index is 1.79. The van der Waals surface area contributed by atoms with E-state index in [2.05, 4.69) is 12.2 Å². The minimum atomic E-state index is -0.368. The highest BCUT2D eigenvalue weighted by Crippen LogP contribution is 2.66. The Morgan fingerprint density at radius 2 is 1.53 bits per heavy atom. The summed E-state index contributed by atoms with van der Waals surface area (Å²) in [7, 11) is 0. The summed E-state index contributed by atoms with van der Waals surface area (Å²) >= 11 is 0. The first-order chi connectivity index (χ1) is 7.20. The lowest BCUT2D eigenvalue weighted by atomic mass is 9.54. The van der Waals surface area contributed by atoms with Crippen molar-refractivity contribution in [3.63, 3.8) is 0 Å². The number of carbonyl (C=O) groups is 2. The van der Waals surface area contributed by atoms with Gasteiger partial charge in [-0.15, -0.1) is 0 Å². The minimum absolute atomic E-state index is 0.215. The van der Waals surface area contributed by atoms with Crippen molar-refractivity contribution < 1.29 is 14.8 Å². The molecule has 2 amide bonds. The monoisotopic (exact) mass is 205 g/mol. The van der Waals surface area contributed by atoms with Gasteiger partial charge < -0.3 is 0 Å². The highest BCUT2D eigenvalue weighted by Gasteiger charge is 2.70. The largest absolute Gasteiger partial charge is 0.278 e. The van der Waals surface area contributed by atoms with Crippen molar-refractivity contribution in [3.05, 3.63) is 12.2 Å². The Labute approximate surface area is 86.5 Å². The van der Waals surface area contributed by atoms with Gasteiger partial charge in [0, 0.05) is 0 Å². The van der Waals surface area contributed by atoms with Gasteiger partial charge >= 0.3 is 0 Å². The molecule has 1 saturated heterocycles. The van der Waals surface area contributed by atoms with E-state index in [4.69, 9.17) is 0 Å². The third-order valence-corrected chi connectivity index (χ3v) is 4.79. The van der Waals surface area contributed by atoms with Crippen molar-refractivity contribution in [1.82, 2.24) is 5.06 Å². The van der Waals surface area contributed by atoms with Crippen LogP contribution in [0.15, 0.2) is 12.2 Å². The van der Waals surface area contributed by atoms with Crippen LogP contribution in [0.1, 0.15) is 6.42 Å². The van der Waals surface area contributed by atoms with Crippen LogP contribution in [0.4, 0.5) is 0 Å². The predicted molar refractivity (Wildman–Crippen MR) is 48.3 cm³/mol. The van der Waals surface area contributed by atoms with E-state index in [0.29, 0.717) is 28.7 Å². The highest BCUT2D eigenvalue weighted by molar-refractivity contribution is 6.05. The second-order valence-electron chi connectivity index (χ2n) is 5.14. The standard InChI is InChI=1S/C11H11NO3/c13-10-8-6-4-1-2-5(3-4)7(6)9(8)11(14)12(10)15/h1-2,4-9,15H,3H2. The molecule has 0 spiro atoms. The van der Waals surface area contributed by atoms with Crippen molar-refractivity contribution in [1.29, 1.82) is 0 Å². The van der Waals surface area contributed by atoms with E-state index < -0.39 is 0 Å². The normalized spacial score (nSPS) is 54.6. The molecule has 0 aromatic rings. The van der Waals surface area contributed by atoms with Crippen LogP contribution >= 0.6 is 0 Å². The van der Waals surface area contributed by atoms with Crippen molar-refractivity contribution in [2.45, 2.75) is 6.42 Å². The first-order valence-electron chi connectivity index (χ1n) is 5.45. The summed E-state index contributed by atoms with van der Waals surface area (Å²) in [6.07, 6.45) is 5.47. The lowest BCUT2D eigenvalue weighted by molar-refractivity contribution is -0.172. The number of amides is 2. The summed E-state index contributed by atoms with van der Waals surface area (Å²) in [5, 5.41) is 9.66. The van der Waals surface area contributed by atoms with Gasteiger partial charge in [0.15, 0.2) is 0 Å². The molecule has 4 aliphatic rings. The fraction of sp³-hybridized carbons (Fsp3) is 0.636. The van der Waals surface area contributed by atoms with Crippen molar-refractivity contribution in [2.24, 2.45) is 35.5 Å². The molecule has 1 heterocycles. The first-order valence-corrected chi connectivity index (χ1v) is 5.45. The second kappa shape index (κ2) is 2.16. The molecule has 2 bridgehead atoms. The van der Waals surface area contributed by atoms with E-state index in [-0.39, 0.29) is 23.7 Å². The molecule has 15 heavy (non-hydrogen) atoms. The van der Waals surface area contributed by atoms with Crippen LogP contribution in [0.5, 0.6) is 0 Å². The number of hydroxylamine groups is 2. The van der Waals surface area contributed by atoms with Gasteiger partial charge in [-0.3, -0.25) is 14.8 Å². The zero-order chi connectivity index (χ0) is 10.3. The van der Waals surface area contributed by atoms with Gasteiger partial charge in [-0.25, -0.2) is 0 Å². The maximum Gasteiger partial charge on any atom is 0.257 e. The number of nitrogens with zero attached hydrogens (tertiary/aromatic N) is 1. The van der Waals surface area contributed by atoms with Crippen LogP contribution in [0, 0.1) is 35.5 Å². The third-order valence-electron chi connectivity index (χ3n) is 4.79. The Kier molecular flexibility index (Phi) is 1.16. The molecule has 0 aromatic carbocycles. The third kappa shape index (κ3) is 0.659. The van der Waals surface area contributed by atoms with Crippen LogP contribution in [-0.2, 0) is 9.59 Å². The molecule has 78 valence electrons. The van der Waals surface area contributed by atoms with Gasteiger partial charge in [0.1, 0.15) is 0 Å². The highest BCUT2D eigenvalue weighted by atomic mass is 16.5. The molecule has 4 rings (SSSR count). The number of hydrogen-bond donors (Lipinski definition) is 1. The van der Waals surface area contributed by atoms with Crippen LogP contribution in [0.25, 0.3) is 0 Å². The molecule has 6 unspecified atom stereocenters. The number of rotatable bonds is 0. The van der Waals surface area contributed by atoms with Gasteiger partial charge in [-0.2, -0.15) is 5.06 Å². The van der Waals surface area contributed by atoms with E-state index in [1.54, 1.807) is 0 Å². The van der Waals surface area contributed by atoms with Gasteiger partial charge in [-0.05, 0) is 30.1 Å². The lowest BCUT2D eigenvalue weighted by Crippen LogP contribution is -2.50. The molecule has 3 aliphatic carbocycles. The maximum atomic E-state index is 11.6. The van der Waals surface area contributed by atoms with Crippen LogP contribution in [0.3, 0.4) is 0 Å². The fourth-order valence-corrected chi connectivity index (χ4v) is 4.27. The topological polar surface area (TPSA) is 57.6 Å². The summed E-state index contributed by atoms with van der Waals surface area (Å²) in [6, 6.07) is 0. The number of hydrogen-bond acceptors (Lipinski definition) is 3. The van der Waals surface area contributed by atoms with Gasteiger partial charge in [-0.1, -0.05) is 12.2 Å². The molecule has 4 nitrogen and oxygen atoms in total. The molecule has 1 N–H and O–H groups in total. The number of imide groups is 1. The number of fused-ring (bicyclic) bond motifs is 8. The molecule has 6 atom stereocenters. The summed E-state index contributed by atoms with van der Waals surface area (Å²) < 4.78 is 0. The molecule has 4 heteroatoms. The van der Waals surface area contributed by atoms with Gasteiger partial charge in [0.05, 0.1) is 11.8 Å². The van der Waals surface area contributed by atoms with E-state index in [1.165, 1.54) is 0 Å². The molecule has 0 radical (unpaired) electrons. The summed E-state index contributed by atoms with van der Waals surface area (Å²) in [5.74, 6) is 0.450. The van der Waals surface area contributed by atoms with E-state index >= 15 is 0 Å². The SMILES string of the molecule is O=C1C2C(C(=O)N1O)C1C3C=CC(C3)C21. The quantitative estimate of drug-likeness (QED) is 0.354. The predicted octanol–water partition coefficient (Wildman–Crippen LogP) is 0.429. The maximum absolute atomic E-state index is 11.6. The molecular formula is C11H11NO3. The number of allylic oxidation sites excluding steroid dienone is 2. The van der Waals surface area contributed by atoms with Gasteiger partial charge in [0.25, 0.3) is 11.8 Å². The average molecular weight is 205 g/mol. The van der Waals surface area contributed by atoms with Crippen LogP contribution < -0.4 is 0 Å². The molecule has 2 saturated carbocycles. The zero-order valence-corrected chi connectivity index (χ0v) is 8.04. The Morgan fingerprint density at radius 3 is 2.00 bits per heavy atom. The van der Waals surface area contributed by atoms with Crippen molar-refractivity contribution >= 4 is 11.8 Å². The molecule has 1 aliphatic heterocycles. The van der Waals surface area contributed by atoms with Crippen molar-refractivity contribution in [2.75, 3.05) is 0 Å². The number of carbonyl (C=O) groups excluding carboxylic acids is 2. The fourth-order valence-electron chi connectivity index (χ4n) is 4.27. The minimum Gasteiger partial charge on any atom is -0.278 e. The van der Waals surface area contributed by atoms with Crippen molar-refractivity contribution in [3.8, 4) is 0 Å².